The Morgan fingerprint density at radius 2 is 1.74 bits per heavy atom. The Morgan fingerprint density at radius 1 is 1.16 bits per heavy atom. The van der Waals surface area contributed by atoms with Crippen molar-refractivity contribution in [3.05, 3.63) is 29.8 Å². The van der Waals surface area contributed by atoms with Crippen molar-refractivity contribution in [2.45, 2.75) is 6.92 Å². The van der Waals surface area contributed by atoms with Crippen LogP contribution in [-0.4, -0.2) is 37.1 Å². The number of nitrogens with zero attached hydrogens (tertiary/aromatic N) is 1. The maximum Gasteiger partial charge on any atom is 0.428 e. The van der Waals surface area contributed by atoms with Crippen LogP contribution in [0.3, 0.4) is 0 Å². The van der Waals surface area contributed by atoms with E-state index in [1.54, 1.807) is 24.3 Å². The second-order valence-electron chi connectivity index (χ2n) is 3.73. The highest BCUT2D eigenvalue weighted by molar-refractivity contribution is 5.95. The lowest BCUT2D eigenvalue weighted by Crippen LogP contribution is -2.45. The van der Waals surface area contributed by atoms with Gasteiger partial charge in [-0.2, -0.15) is 0 Å². The van der Waals surface area contributed by atoms with Crippen molar-refractivity contribution in [1.29, 1.82) is 0 Å². The van der Waals surface area contributed by atoms with E-state index >= 15 is 0 Å². The van der Waals surface area contributed by atoms with Crippen molar-refractivity contribution in [2.24, 2.45) is 0 Å². The molecule has 0 aliphatic heterocycles. The normalized spacial score (nSPS) is 9.42. The molecule has 0 atom stereocenters. The van der Waals surface area contributed by atoms with Gasteiger partial charge in [0.25, 0.3) is 0 Å². The summed E-state index contributed by atoms with van der Waals surface area (Å²) in [5.74, 6) is -0.0542. The molecule has 0 radical (unpaired) electrons. The van der Waals surface area contributed by atoms with E-state index in [0.717, 1.165) is 5.01 Å². The van der Waals surface area contributed by atoms with Gasteiger partial charge < -0.3 is 10.1 Å². The summed E-state index contributed by atoms with van der Waals surface area (Å²) in [6, 6.07) is 5.79. The Morgan fingerprint density at radius 3 is 2.21 bits per heavy atom. The number of nitrogens with one attached hydrogen (secondary N) is 2. The predicted molar refractivity (Wildman–Crippen MR) is 68.8 cm³/mol. The van der Waals surface area contributed by atoms with Crippen LogP contribution in [-0.2, 0) is 4.74 Å². The molecule has 1 aromatic rings. The van der Waals surface area contributed by atoms with Crippen LogP contribution in [0.5, 0.6) is 0 Å². The molecule has 7 heteroatoms. The monoisotopic (exact) mass is 265 g/mol. The largest absolute Gasteiger partial charge is 0.452 e. The SMILES string of the molecule is COC(=O)N(C)NC(=O)Nc1ccc(C(C)=O)cc1. The maximum absolute atomic E-state index is 11.5. The van der Waals surface area contributed by atoms with Crippen LogP contribution in [0.15, 0.2) is 24.3 Å². The van der Waals surface area contributed by atoms with E-state index in [2.05, 4.69) is 15.5 Å². The van der Waals surface area contributed by atoms with Crippen molar-refractivity contribution in [1.82, 2.24) is 10.4 Å². The molecule has 2 N–H and O–H groups in total. The number of methoxy groups -OCH3 is 1. The van der Waals surface area contributed by atoms with Gasteiger partial charge in [0.2, 0.25) is 0 Å². The summed E-state index contributed by atoms with van der Waals surface area (Å²) in [5, 5.41) is 3.41. The van der Waals surface area contributed by atoms with Gasteiger partial charge in [0.05, 0.1) is 7.11 Å². The fourth-order valence-electron chi connectivity index (χ4n) is 1.28. The summed E-state index contributed by atoms with van der Waals surface area (Å²) < 4.78 is 4.41. The molecule has 0 heterocycles. The van der Waals surface area contributed by atoms with Crippen molar-refractivity contribution in [3.63, 3.8) is 0 Å². The average Bonchev–Trinajstić information content (AvgIpc) is 2.38. The first-order chi connectivity index (χ1) is 8.93. The fourth-order valence-corrected chi connectivity index (χ4v) is 1.28. The number of carbonyl (C=O) groups is 3. The first-order valence-electron chi connectivity index (χ1n) is 5.44. The van der Waals surface area contributed by atoms with E-state index < -0.39 is 12.1 Å². The second-order valence-corrected chi connectivity index (χ2v) is 3.73. The number of carbonyl (C=O) groups excluding carboxylic acids is 3. The number of hydrogen-bond donors (Lipinski definition) is 2. The topological polar surface area (TPSA) is 87.7 Å². The van der Waals surface area contributed by atoms with Crippen LogP contribution < -0.4 is 10.7 Å². The number of anilines is 1. The minimum atomic E-state index is -0.693. The molecular formula is C12H15N3O4. The molecule has 0 aliphatic rings. The van der Waals surface area contributed by atoms with Crippen LogP contribution in [0.4, 0.5) is 15.3 Å². The lowest BCUT2D eigenvalue weighted by molar-refractivity contribution is 0.101. The number of amides is 3. The zero-order chi connectivity index (χ0) is 14.4. The zero-order valence-corrected chi connectivity index (χ0v) is 10.9. The number of ketones is 1. The van der Waals surface area contributed by atoms with Gasteiger partial charge in [0.1, 0.15) is 0 Å². The molecule has 19 heavy (non-hydrogen) atoms. The van der Waals surface area contributed by atoms with E-state index in [1.165, 1.54) is 21.1 Å². The van der Waals surface area contributed by atoms with Crippen LogP contribution >= 0.6 is 0 Å². The van der Waals surface area contributed by atoms with Gasteiger partial charge in [-0.3, -0.25) is 4.79 Å². The molecule has 3 amide bonds. The standard InChI is InChI=1S/C12H15N3O4/c1-8(16)9-4-6-10(7-5-9)13-11(17)14-15(2)12(18)19-3/h4-7H,1-3H3,(H2,13,14,17). The summed E-state index contributed by atoms with van der Waals surface area (Å²) in [7, 11) is 2.56. The predicted octanol–water partition coefficient (Wildman–Crippen LogP) is 1.62. The summed E-state index contributed by atoms with van der Waals surface area (Å²) in [6.07, 6.45) is -0.693. The van der Waals surface area contributed by atoms with Gasteiger partial charge in [-0.25, -0.2) is 20.0 Å². The van der Waals surface area contributed by atoms with Crippen molar-refractivity contribution < 1.29 is 19.1 Å². The van der Waals surface area contributed by atoms with E-state index in [9.17, 15) is 14.4 Å². The molecule has 0 saturated heterocycles. The molecule has 1 rings (SSSR count). The molecule has 7 nitrogen and oxygen atoms in total. The number of urea groups is 1. The highest BCUT2D eigenvalue weighted by Gasteiger charge is 2.11. The maximum atomic E-state index is 11.5. The van der Waals surface area contributed by atoms with Crippen LogP contribution in [0.2, 0.25) is 0 Å². The molecule has 0 spiro atoms. The van der Waals surface area contributed by atoms with E-state index in [4.69, 9.17) is 0 Å². The molecular weight excluding hydrogens is 250 g/mol. The third kappa shape index (κ3) is 4.30. The molecule has 0 saturated carbocycles. The van der Waals surface area contributed by atoms with Gasteiger partial charge in [0, 0.05) is 18.3 Å². The third-order valence-electron chi connectivity index (χ3n) is 2.27. The molecule has 0 aliphatic carbocycles. The summed E-state index contributed by atoms with van der Waals surface area (Å²) in [5.41, 5.74) is 3.31. The van der Waals surface area contributed by atoms with Crippen molar-refractivity contribution in [2.75, 3.05) is 19.5 Å². The smallest absolute Gasteiger partial charge is 0.428 e. The quantitative estimate of drug-likeness (QED) is 0.628. The molecule has 102 valence electrons. The van der Waals surface area contributed by atoms with Crippen LogP contribution in [0, 0.1) is 0 Å². The van der Waals surface area contributed by atoms with Gasteiger partial charge in [0.15, 0.2) is 5.78 Å². The van der Waals surface area contributed by atoms with E-state index in [1.807, 2.05) is 0 Å². The first-order valence-corrected chi connectivity index (χ1v) is 5.44. The molecule has 0 unspecified atom stereocenters. The number of hydrogen-bond acceptors (Lipinski definition) is 4. The Hall–Kier alpha value is -2.57. The fraction of sp³-hybridized carbons (Fsp3) is 0.250. The lowest BCUT2D eigenvalue weighted by Gasteiger charge is -2.16. The van der Waals surface area contributed by atoms with Gasteiger partial charge in [-0.15, -0.1) is 0 Å². The molecule has 1 aromatic carbocycles. The van der Waals surface area contributed by atoms with Crippen molar-refractivity contribution in [3.8, 4) is 0 Å². The molecule has 0 aromatic heterocycles. The Kier molecular flexibility index (Phi) is 4.87. The van der Waals surface area contributed by atoms with Crippen molar-refractivity contribution >= 4 is 23.6 Å². The Balaban J connectivity index is 2.57. The van der Waals surface area contributed by atoms with Crippen LogP contribution in [0.25, 0.3) is 0 Å². The number of benzene rings is 1. The molecule has 0 fully saturated rings. The highest BCUT2D eigenvalue weighted by atomic mass is 16.5. The summed E-state index contributed by atoms with van der Waals surface area (Å²) in [4.78, 5) is 33.6. The van der Waals surface area contributed by atoms with Gasteiger partial charge in [-0.1, -0.05) is 0 Å². The third-order valence-corrected chi connectivity index (χ3v) is 2.27. The zero-order valence-electron chi connectivity index (χ0n) is 10.9. The lowest BCUT2D eigenvalue weighted by atomic mass is 10.1. The highest BCUT2D eigenvalue weighted by Crippen LogP contribution is 2.09. The second kappa shape index (κ2) is 6.39. The Labute approximate surface area is 110 Å². The summed E-state index contributed by atoms with van der Waals surface area (Å²) in [6.45, 7) is 1.46. The average molecular weight is 265 g/mol. The van der Waals surface area contributed by atoms with Gasteiger partial charge >= 0.3 is 12.1 Å². The van der Waals surface area contributed by atoms with E-state index in [0.29, 0.717) is 11.3 Å². The van der Waals surface area contributed by atoms with Crippen LogP contribution in [0.1, 0.15) is 17.3 Å². The number of hydrazine groups is 1. The number of ether oxygens (including phenoxy) is 1. The molecule has 0 bridgehead atoms. The number of rotatable bonds is 2. The Bertz CT molecular complexity index is 484. The minimum Gasteiger partial charge on any atom is -0.452 e. The minimum absolute atomic E-state index is 0.0542. The summed E-state index contributed by atoms with van der Waals surface area (Å²) >= 11 is 0. The van der Waals surface area contributed by atoms with E-state index in [-0.39, 0.29) is 5.78 Å². The number of Topliss-reactive ketones (excluding diaryl/α,β-unsaturated/α-hetero) is 1. The first kappa shape index (κ1) is 14.5. The van der Waals surface area contributed by atoms with Gasteiger partial charge in [-0.05, 0) is 31.2 Å².